The smallest absolute Gasteiger partial charge is 0.235 e. The van der Waals surface area contributed by atoms with Crippen LogP contribution in [0.4, 0.5) is 5.00 Å². The van der Waals surface area contributed by atoms with Gasteiger partial charge in [0.1, 0.15) is 11.1 Å². The number of nitriles is 1. The Bertz CT molecular complexity index is 1020. The maximum absolute atomic E-state index is 12.4. The van der Waals surface area contributed by atoms with Gasteiger partial charge in [-0.15, -0.1) is 23.1 Å². The zero-order chi connectivity index (χ0) is 17.9. The number of carbonyl (C=O) groups excluding carboxylic acids is 1. The number of hydrogen-bond acceptors (Lipinski definition) is 4. The fourth-order valence-electron chi connectivity index (χ4n) is 3.34. The number of fused-ring (bicyclic) bond motifs is 2. The molecule has 26 heavy (non-hydrogen) atoms. The molecule has 0 bridgehead atoms. The summed E-state index contributed by atoms with van der Waals surface area (Å²) in [5.41, 5.74) is 1.83. The van der Waals surface area contributed by atoms with Crippen LogP contribution in [0.3, 0.4) is 0 Å². The summed E-state index contributed by atoms with van der Waals surface area (Å²) in [6.45, 7) is 0. The van der Waals surface area contributed by atoms with Crippen LogP contribution in [0.15, 0.2) is 47.4 Å². The first kappa shape index (κ1) is 17.1. The van der Waals surface area contributed by atoms with Gasteiger partial charge < -0.3 is 5.32 Å². The molecule has 0 fully saturated rings. The highest BCUT2D eigenvalue weighted by atomic mass is 32.2. The van der Waals surface area contributed by atoms with Crippen molar-refractivity contribution in [1.82, 2.24) is 0 Å². The SMILES string of the molecule is N#Cc1c(NC(=O)CSc2ccc3ccccc3c2)sc2c1CCCC2. The molecular formula is C21H18N2OS2. The monoisotopic (exact) mass is 378 g/mol. The van der Waals surface area contributed by atoms with E-state index in [2.05, 4.69) is 35.7 Å². The molecule has 0 saturated carbocycles. The highest BCUT2D eigenvalue weighted by Gasteiger charge is 2.21. The van der Waals surface area contributed by atoms with Crippen LogP contribution < -0.4 is 5.32 Å². The standard InChI is InChI=1S/C21H18N2OS2/c22-12-18-17-7-3-4-8-19(17)26-21(18)23-20(24)13-25-16-10-9-14-5-1-2-6-15(14)11-16/h1-2,5-6,9-11H,3-4,7-8,13H2,(H,23,24). The Hall–Kier alpha value is -2.29. The zero-order valence-corrected chi connectivity index (χ0v) is 15.9. The molecule has 130 valence electrons. The number of aryl methyl sites for hydroxylation is 1. The van der Waals surface area contributed by atoms with Gasteiger partial charge in [-0.25, -0.2) is 0 Å². The van der Waals surface area contributed by atoms with Gasteiger partial charge in [-0.2, -0.15) is 5.26 Å². The fraction of sp³-hybridized carbons (Fsp3) is 0.238. The lowest BCUT2D eigenvalue weighted by Crippen LogP contribution is -2.14. The predicted molar refractivity (Wildman–Crippen MR) is 109 cm³/mol. The van der Waals surface area contributed by atoms with E-state index in [0.717, 1.165) is 34.7 Å². The molecule has 4 rings (SSSR count). The van der Waals surface area contributed by atoms with Gasteiger partial charge in [0.15, 0.2) is 0 Å². The van der Waals surface area contributed by atoms with E-state index in [0.29, 0.717) is 11.3 Å². The maximum Gasteiger partial charge on any atom is 0.235 e. The fourth-order valence-corrected chi connectivity index (χ4v) is 5.34. The molecule has 3 aromatic rings. The van der Waals surface area contributed by atoms with Crippen LogP contribution in [0, 0.1) is 11.3 Å². The average Bonchev–Trinajstić information content (AvgIpc) is 3.03. The number of benzene rings is 2. The topological polar surface area (TPSA) is 52.9 Å². The van der Waals surface area contributed by atoms with E-state index >= 15 is 0 Å². The minimum Gasteiger partial charge on any atom is -0.316 e. The predicted octanol–water partition coefficient (Wildman–Crippen LogP) is 5.38. The van der Waals surface area contributed by atoms with Crippen LogP contribution in [-0.2, 0) is 17.6 Å². The second-order valence-corrected chi connectivity index (χ2v) is 8.53. The van der Waals surface area contributed by atoms with E-state index in [-0.39, 0.29) is 5.91 Å². The lowest BCUT2D eigenvalue weighted by molar-refractivity contribution is -0.113. The van der Waals surface area contributed by atoms with E-state index in [1.165, 1.54) is 33.8 Å². The normalized spacial score (nSPS) is 13.2. The lowest BCUT2D eigenvalue weighted by Gasteiger charge is -2.09. The molecule has 0 radical (unpaired) electrons. The van der Waals surface area contributed by atoms with Gasteiger partial charge in [0.25, 0.3) is 0 Å². The van der Waals surface area contributed by atoms with Crippen LogP contribution in [0.2, 0.25) is 0 Å². The summed E-state index contributed by atoms with van der Waals surface area (Å²) in [6.07, 6.45) is 4.28. The van der Waals surface area contributed by atoms with Gasteiger partial charge in [0.2, 0.25) is 5.91 Å². The van der Waals surface area contributed by atoms with E-state index in [1.807, 2.05) is 18.2 Å². The number of hydrogen-bond donors (Lipinski definition) is 1. The summed E-state index contributed by atoms with van der Waals surface area (Å²) in [6, 6.07) is 16.7. The molecule has 3 nitrogen and oxygen atoms in total. The summed E-state index contributed by atoms with van der Waals surface area (Å²) in [7, 11) is 0. The van der Waals surface area contributed by atoms with Crippen LogP contribution >= 0.6 is 23.1 Å². The van der Waals surface area contributed by atoms with Crippen molar-refractivity contribution in [2.24, 2.45) is 0 Å². The van der Waals surface area contributed by atoms with Crippen molar-refractivity contribution in [3.63, 3.8) is 0 Å². The molecule has 0 atom stereocenters. The molecule has 0 unspecified atom stereocenters. The van der Waals surface area contributed by atoms with Crippen molar-refractivity contribution in [2.75, 3.05) is 11.1 Å². The molecule has 1 amide bonds. The molecule has 1 aliphatic rings. The molecule has 1 heterocycles. The first-order valence-electron chi connectivity index (χ1n) is 8.70. The second kappa shape index (κ2) is 7.53. The molecule has 1 N–H and O–H groups in total. The highest BCUT2D eigenvalue weighted by molar-refractivity contribution is 8.00. The number of anilines is 1. The number of amides is 1. The first-order chi connectivity index (χ1) is 12.7. The maximum atomic E-state index is 12.4. The van der Waals surface area contributed by atoms with Crippen molar-refractivity contribution >= 4 is 44.8 Å². The third-order valence-corrected chi connectivity index (χ3v) is 6.83. The molecule has 1 aromatic heterocycles. The molecule has 0 aliphatic heterocycles. The Balaban J connectivity index is 1.44. The Morgan fingerprint density at radius 2 is 1.96 bits per heavy atom. The van der Waals surface area contributed by atoms with E-state index in [4.69, 9.17) is 0 Å². The quantitative estimate of drug-likeness (QED) is 0.620. The van der Waals surface area contributed by atoms with Crippen molar-refractivity contribution in [3.05, 3.63) is 58.5 Å². The molecule has 0 spiro atoms. The van der Waals surface area contributed by atoms with Crippen molar-refractivity contribution in [3.8, 4) is 6.07 Å². The van der Waals surface area contributed by atoms with Gasteiger partial charge in [-0.1, -0.05) is 30.3 Å². The van der Waals surface area contributed by atoms with Gasteiger partial charge in [-0.3, -0.25) is 4.79 Å². The minimum absolute atomic E-state index is 0.0572. The third kappa shape index (κ3) is 3.48. The van der Waals surface area contributed by atoms with Crippen LogP contribution in [-0.4, -0.2) is 11.7 Å². The molecule has 5 heteroatoms. The average molecular weight is 379 g/mol. The number of thioether (sulfide) groups is 1. The number of rotatable bonds is 4. The Morgan fingerprint density at radius 1 is 1.15 bits per heavy atom. The largest absolute Gasteiger partial charge is 0.316 e. The van der Waals surface area contributed by atoms with E-state index in [1.54, 1.807) is 11.3 Å². The van der Waals surface area contributed by atoms with Crippen molar-refractivity contribution in [1.29, 1.82) is 5.26 Å². The van der Waals surface area contributed by atoms with Crippen LogP contribution in [0.1, 0.15) is 28.8 Å². The summed E-state index contributed by atoms with van der Waals surface area (Å²) in [4.78, 5) is 14.7. The number of carbonyl (C=O) groups is 1. The molecule has 1 aliphatic carbocycles. The van der Waals surface area contributed by atoms with E-state index in [9.17, 15) is 10.1 Å². The molecular weight excluding hydrogens is 360 g/mol. The van der Waals surface area contributed by atoms with Gasteiger partial charge in [-0.05, 0) is 54.2 Å². The number of nitrogens with zero attached hydrogens (tertiary/aromatic N) is 1. The molecule has 0 saturated heterocycles. The van der Waals surface area contributed by atoms with Crippen LogP contribution in [0.5, 0.6) is 0 Å². The number of nitrogens with one attached hydrogen (secondary N) is 1. The Kier molecular flexibility index (Phi) is 4.96. The second-order valence-electron chi connectivity index (χ2n) is 6.37. The van der Waals surface area contributed by atoms with Gasteiger partial charge in [0.05, 0.1) is 11.3 Å². The number of thiophene rings is 1. The first-order valence-corrected chi connectivity index (χ1v) is 10.5. The van der Waals surface area contributed by atoms with E-state index < -0.39 is 0 Å². The highest BCUT2D eigenvalue weighted by Crippen LogP contribution is 2.37. The summed E-state index contributed by atoms with van der Waals surface area (Å²) in [5.74, 6) is 0.282. The van der Waals surface area contributed by atoms with Crippen LogP contribution in [0.25, 0.3) is 10.8 Å². The van der Waals surface area contributed by atoms with Crippen molar-refractivity contribution in [2.45, 2.75) is 30.6 Å². The molecule has 2 aromatic carbocycles. The van der Waals surface area contributed by atoms with Gasteiger partial charge in [0, 0.05) is 9.77 Å². The minimum atomic E-state index is -0.0572. The Morgan fingerprint density at radius 3 is 2.81 bits per heavy atom. The summed E-state index contributed by atoms with van der Waals surface area (Å²) < 4.78 is 0. The third-order valence-electron chi connectivity index (χ3n) is 4.63. The summed E-state index contributed by atoms with van der Waals surface area (Å²) in [5, 5.41) is 15.5. The van der Waals surface area contributed by atoms with Gasteiger partial charge >= 0.3 is 0 Å². The Labute approximate surface area is 161 Å². The lowest BCUT2D eigenvalue weighted by atomic mass is 9.96. The summed E-state index contributed by atoms with van der Waals surface area (Å²) >= 11 is 3.10. The zero-order valence-electron chi connectivity index (χ0n) is 14.2. The van der Waals surface area contributed by atoms with Crippen molar-refractivity contribution < 1.29 is 4.79 Å².